The summed E-state index contributed by atoms with van der Waals surface area (Å²) in [6, 6.07) is 7.08. The average Bonchev–Trinajstić information content (AvgIpc) is 2.35. The first kappa shape index (κ1) is 13.6. The fourth-order valence-corrected chi connectivity index (χ4v) is 2.40. The summed E-state index contributed by atoms with van der Waals surface area (Å²) in [6.07, 6.45) is 3.82. The molecule has 0 saturated carbocycles. The van der Waals surface area contributed by atoms with E-state index in [9.17, 15) is 0 Å². The molecule has 0 amide bonds. The second-order valence-electron chi connectivity index (χ2n) is 3.92. The molecule has 5 heteroatoms. The number of nitrogens with two attached hydrogens (primary N) is 1. The highest BCUT2D eigenvalue weighted by Gasteiger charge is 2.13. The SMILES string of the molecule is NC(Cc1cccc(Cl)c1Cl)c1ccncc1Cl. The van der Waals surface area contributed by atoms with Crippen LogP contribution in [0, 0.1) is 0 Å². The van der Waals surface area contributed by atoms with Crippen LogP contribution in [0.4, 0.5) is 0 Å². The molecule has 2 aromatic rings. The first-order valence-corrected chi connectivity index (χ1v) is 6.51. The van der Waals surface area contributed by atoms with Crippen molar-refractivity contribution in [3.8, 4) is 0 Å². The zero-order chi connectivity index (χ0) is 13.1. The lowest BCUT2D eigenvalue weighted by Gasteiger charge is -2.14. The molecule has 0 fully saturated rings. The second kappa shape index (κ2) is 5.89. The van der Waals surface area contributed by atoms with Crippen molar-refractivity contribution >= 4 is 34.8 Å². The summed E-state index contributed by atoms with van der Waals surface area (Å²) in [6.45, 7) is 0. The van der Waals surface area contributed by atoms with Crippen molar-refractivity contribution in [1.82, 2.24) is 4.98 Å². The van der Waals surface area contributed by atoms with Crippen molar-refractivity contribution in [1.29, 1.82) is 0 Å². The second-order valence-corrected chi connectivity index (χ2v) is 5.11. The molecule has 2 N–H and O–H groups in total. The third kappa shape index (κ3) is 2.96. The number of benzene rings is 1. The van der Waals surface area contributed by atoms with Crippen LogP contribution in [0.1, 0.15) is 17.2 Å². The Morgan fingerprint density at radius 3 is 2.61 bits per heavy atom. The summed E-state index contributed by atoms with van der Waals surface area (Å²) in [5.41, 5.74) is 7.89. The van der Waals surface area contributed by atoms with E-state index in [0.717, 1.165) is 11.1 Å². The van der Waals surface area contributed by atoms with Crippen LogP contribution in [0.3, 0.4) is 0 Å². The summed E-state index contributed by atoms with van der Waals surface area (Å²) in [5.74, 6) is 0. The first-order valence-electron chi connectivity index (χ1n) is 5.37. The van der Waals surface area contributed by atoms with E-state index in [1.165, 1.54) is 0 Å². The van der Waals surface area contributed by atoms with E-state index in [2.05, 4.69) is 4.98 Å². The summed E-state index contributed by atoms with van der Waals surface area (Å²) < 4.78 is 0. The van der Waals surface area contributed by atoms with Crippen LogP contribution in [0.5, 0.6) is 0 Å². The van der Waals surface area contributed by atoms with Gasteiger partial charge in [-0.25, -0.2) is 0 Å². The minimum absolute atomic E-state index is 0.239. The first-order chi connectivity index (χ1) is 8.59. The van der Waals surface area contributed by atoms with Crippen LogP contribution in [0.2, 0.25) is 15.1 Å². The van der Waals surface area contributed by atoms with Crippen LogP contribution >= 0.6 is 34.8 Å². The molecule has 1 atom stereocenters. The number of pyridine rings is 1. The number of hydrogen-bond donors (Lipinski definition) is 1. The van der Waals surface area contributed by atoms with Gasteiger partial charge in [0.05, 0.1) is 15.1 Å². The van der Waals surface area contributed by atoms with Gasteiger partial charge < -0.3 is 5.73 Å². The normalized spacial score (nSPS) is 12.4. The molecule has 0 aliphatic rings. The Morgan fingerprint density at radius 2 is 1.89 bits per heavy atom. The highest BCUT2D eigenvalue weighted by Crippen LogP contribution is 2.30. The Hall–Kier alpha value is -0.800. The third-order valence-corrected chi connectivity index (χ3v) is 3.85. The molecule has 1 heterocycles. The summed E-state index contributed by atoms with van der Waals surface area (Å²) >= 11 is 18.2. The molecule has 0 aliphatic carbocycles. The highest BCUT2D eigenvalue weighted by molar-refractivity contribution is 6.42. The van der Waals surface area contributed by atoms with E-state index in [0.29, 0.717) is 21.5 Å². The molecular weight excluding hydrogens is 291 g/mol. The van der Waals surface area contributed by atoms with Gasteiger partial charge in [0.15, 0.2) is 0 Å². The van der Waals surface area contributed by atoms with E-state index in [4.69, 9.17) is 40.5 Å². The topological polar surface area (TPSA) is 38.9 Å². The van der Waals surface area contributed by atoms with Gasteiger partial charge in [-0.3, -0.25) is 4.98 Å². The van der Waals surface area contributed by atoms with Crippen LogP contribution < -0.4 is 5.73 Å². The van der Waals surface area contributed by atoms with E-state index in [1.807, 2.05) is 18.2 Å². The molecule has 94 valence electrons. The van der Waals surface area contributed by atoms with Crippen LogP contribution in [-0.4, -0.2) is 4.98 Å². The molecule has 0 radical (unpaired) electrons. The van der Waals surface area contributed by atoms with Crippen molar-refractivity contribution in [2.75, 3.05) is 0 Å². The predicted molar refractivity (Wildman–Crippen MR) is 76.3 cm³/mol. The van der Waals surface area contributed by atoms with Crippen molar-refractivity contribution in [3.05, 3.63) is 62.9 Å². The van der Waals surface area contributed by atoms with Crippen molar-refractivity contribution in [2.45, 2.75) is 12.5 Å². The number of rotatable bonds is 3. The zero-order valence-corrected chi connectivity index (χ0v) is 11.7. The summed E-state index contributed by atoms with van der Waals surface area (Å²) in [4.78, 5) is 3.93. The van der Waals surface area contributed by atoms with E-state index in [1.54, 1.807) is 18.5 Å². The molecule has 0 aliphatic heterocycles. The Bertz CT molecular complexity index is 558. The van der Waals surface area contributed by atoms with Crippen molar-refractivity contribution in [3.63, 3.8) is 0 Å². The maximum absolute atomic E-state index is 6.13. The Morgan fingerprint density at radius 1 is 1.11 bits per heavy atom. The Labute approximate surface area is 121 Å². The summed E-state index contributed by atoms with van der Waals surface area (Å²) in [7, 11) is 0. The minimum atomic E-state index is -0.239. The lowest BCUT2D eigenvalue weighted by molar-refractivity contribution is 0.721. The fraction of sp³-hybridized carbons (Fsp3) is 0.154. The van der Waals surface area contributed by atoms with Crippen molar-refractivity contribution < 1.29 is 0 Å². The molecule has 18 heavy (non-hydrogen) atoms. The lowest BCUT2D eigenvalue weighted by Crippen LogP contribution is -2.14. The molecule has 0 spiro atoms. The van der Waals surface area contributed by atoms with Gasteiger partial charge in [-0.15, -0.1) is 0 Å². The zero-order valence-electron chi connectivity index (χ0n) is 9.41. The molecule has 1 aromatic carbocycles. The molecule has 2 nitrogen and oxygen atoms in total. The van der Waals surface area contributed by atoms with Gasteiger partial charge in [0.25, 0.3) is 0 Å². The third-order valence-electron chi connectivity index (χ3n) is 2.67. The van der Waals surface area contributed by atoms with E-state index >= 15 is 0 Å². The van der Waals surface area contributed by atoms with Gasteiger partial charge in [-0.05, 0) is 29.7 Å². The minimum Gasteiger partial charge on any atom is -0.324 e. The number of halogens is 3. The smallest absolute Gasteiger partial charge is 0.0637 e. The predicted octanol–water partition coefficient (Wildman–Crippen LogP) is 4.28. The van der Waals surface area contributed by atoms with E-state index < -0.39 is 0 Å². The monoisotopic (exact) mass is 300 g/mol. The molecule has 1 aromatic heterocycles. The van der Waals surface area contributed by atoms with Gasteiger partial charge in [0.1, 0.15) is 0 Å². The maximum atomic E-state index is 6.13. The Kier molecular flexibility index (Phi) is 4.46. The van der Waals surface area contributed by atoms with Crippen molar-refractivity contribution in [2.24, 2.45) is 5.73 Å². The quantitative estimate of drug-likeness (QED) is 0.918. The molecule has 0 bridgehead atoms. The summed E-state index contributed by atoms with van der Waals surface area (Å²) in [5, 5.41) is 1.63. The number of hydrogen-bond acceptors (Lipinski definition) is 2. The fourth-order valence-electron chi connectivity index (χ4n) is 1.74. The average molecular weight is 302 g/mol. The highest BCUT2D eigenvalue weighted by atomic mass is 35.5. The van der Waals surface area contributed by atoms with Gasteiger partial charge in [-0.2, -0.15) is 0 Å². The number of nitrogens with zero attached hydrogens (tertiary/aromatic N) is 1. The number of aromatic nitrogens is 1. The van der Waals surface area contributed by atoms with Crippen LogP contribution in [0.15, 0.2) is 36.7 Å². The van der Waals surface area contributed by atoms with Crippen LogP contribution in [0.25, 0.3) is 0 Å². The molecule has 1 unspecified atom stereocenters. The van der Waals surface area contributed by atoms with Gasteiger partial charge in [0, 0.05) is 18.4 Å². The van der Waals surface area contributed by atoms with Gasteiger partial charge in [-0.1, -0.05) is 46.9 Å². The Balaban J connectivity index is 2.24. The van der Waals surface area contributed by atoms with E-state index in [-0.39, 0.29) is 6.04 Å². The maximum Gasteiger partial charge on any atom is 0.0637 e. The van der Waals surface area contributed by atoms with Gasteiger partial charge in [0.2, 0.25) is 0 Å². The standard InChI is InChI=1S/C13H11Cl3N2/c14-10-3-1-2-8(13(10)16)6-12(17)9-4-5-18-7-11(9)15/h1-5,7,12H,6,17H2. The van der Waals surface area contributed by atoms with Crippen LogP contribution in [-0.2, 0) is 6.42 Å². The van der Waals surface area contributed by atoms with Gasteiger partial charge >= 0.3 is 0 Å². The lowest BCUT2D eigenvalue weighted by atomic mass is 10.0. The largest absolute Gasteiger partial charge is 0.324 e. The molecular formula is C13H11Cl3N2. The molecule has 2 rings (SSSR count). The molecule has 0 saturated heterocycles.